The second-order valence-corrected chi connectivity index (χ2v) is 4.44. The highest BCUT2D eigenvalue weighted by molar-refractivity contribution is 5.54. The fourth-order valence-electron chi connectivity index (χ4n) is 1.61. The summed E-state index contributed by atoms with van der Waals surface area (Å²) in [5.74, 6) is 0.512. The smallest absolute Gasteiger partial charge is 0.0666 e. The van der Waals surface area contributed by atoms with Crippen LogP contribution in [0.2, 0.25) is 0 Å². The van der Waals surface area contributed by atoms with Gasteiger partial charge < -0.3 is 15.4 Å². The highest BCUT2D eigenvalue weighted by Gasteiger charge is 2.12. The quantitative estimate of drug-likeness (QED) is 0.765. The lowest BCUT2D eigenvalue weighted by atomic mass is 10.1. The van der Waals surface area contributed by atoms with Gasteiger partial charge in [-0.15, -0.1) is 0 Å². The number of methoxy groups -OCH3 is 1. The van der Waals surface area contributed by atoms with Crippen molar-refractivity contribution in [2.45, 2.75) is 26.8 Å². The monoisotopic (exact) mass is 237 g/mol. The molecule has 0 aliphatic carbocycles. The summed E-state index contributed by atoms with van der Waals surface area (Å²) < 4.78 is 5.22. The number of rotatable bonds is 7. The Balaban J connectivity index is 2.68. The minimum Gasteiger partial charge on any atom is -0.384 e. The Bertz CT molecular complexity index is 328. The second kappa shape index (κ2) is 7.12. The summed E-state index contributed by atoms with van der Waals surface area (Å²) in [5, 5.41) is 6.70. The van der Waals surface area contributed by atoms with Gasteiger partial charge in [0.1, 0.15) is 0 Å². The molecule has 0 fully saturated rings. The molecule has 4 nitrogen and oxygen atoms in total. The molecule has 0 radical (unpaired) electrons. The number of ether oxygens (including phenoxy) is 1. The normalized spacial score (nSPS) is 12.5. The van der Waals surface area contributed by atoms with E-state index in [4.69, 9.17) is 4.74 Å². The van der Waals surface area contributed by atoms with Gasteiger partial charge in [-0.25, -0.2) is 0 Å². The van der Waals surface area contributed by atoms with Crippen molar-refractivity contribution in [3.63, 3.8) is 0 Å². The number of anilines is 2. The molecule has 96 valence electrons. The lowest BCUT2D eigenvalue weighted by Gasteiger charge is -2.22. The molecule has 17 heavy (non-hydrogen) atoms. The molecular weight excluding hydrogens is 214 g/mol. The van der Waals surface area contributed by atoms with Gasteiger partial charge in [-0.1, -0.05) is 13.8 Å². The SMILES string of the molecule is CCNc1cncc(NC(COC)C(C)C)c1. The van der Waals surface area contributed by atoms with Crippen molar-refractivity contribution in [1.29, 1.82) is 0 Å². The Kier molecular flexibility index (Phi) is 5.77. The summed E-state index contributed by atoms with van der Waals surface area (Å²) in [7, 11) is 1.73. The summed E-state index contributed by atoms with van der Waals surface area (Å²) >= 11 is 0. The maximum atomic E-state index is 5.22. The Hall–Kier alpha value is -1.29. The predicted octanol–water partition coefficient (Wildman–Crippen LogP) is 2.60. The molecule has 1 aromatic rings. The van der Waals surface area contributed by atoms with Gasteiger partial charge in [-0.05, 0) is 18.9 Å². The lowest BCUT2D eigenvalue weighted by Crippen LogP contribution is -2.30. The van der Waals surface area contributed by atoms with Gasteiger partial charge in [0, 0.05) is 13.7 Å². The van der Waals surface area contributed by atoms with E-state index < -0.39 is 0 Å². The van der Waals surface area contributed by atoms with Crippen LogP contribution in [-0.4, -0.2) is 31.3 Å². The number of pyridine rings is 1. The number of aromatic nitrogens is 1. The third-order valence-corrected chi connectivity index (χ3v) is 2.62. The van der Waals surface area contributed by atoms with Crippen LogP contribution in [-0.2, 0) is 4.74 Å². The van der Waals surface area contributed by atoms with E-state index in [1.165, 1.54) is 0 Å². The Labute approximate surface area is 104 Å². The van der Waals surface area contributed by atoms with E-state index in [1.807, 2.05) is 12.4 Å². The van der Waals surface area contributed by atoms with Crippen LogP contribution in [0.1, 0.15) is 20.8 Å². The average molecular weight is 237 g/mol. The molecule has 0 aliphatic rings. The van der Waals surface area contributed by atoms with Crippen LogP contribution >= 0.6 is 0 Å². The molecule has 0 aliphatic heterocycles. The molecule has 2 N–H and O–H groups in total. The van der Waals surface area contributed by atoms with Crippen LogP contribution in [0.4, 0.5) is 11.4 Å². The van der Waals surface area contributed by atoms with E-state index >= 15 is 0 Å². The van der Waals surface area contributed by atoms with E-state index in [0.717, 1.165) is 17.9 Å². The summed E-state index contributed by atoms with van der Waals surface area (Å²) in [6.45, 7) is 8.03. The van der Waals surface area contributed by atoms with Crippen LogP contribution in [0, 0.1) is 5.92 Å². The fourth-order valence-corrected chi connectivity index (χ4v) is 1.61. The average Bonchev–Trinajstić information content (AvgIpc) is 2.29. The van der Waals surface area contributed by atoms with Crippen molar-refractivity contribution in [3.05, 3.63) is 18.5 Å². The number of hydrogen-bond donors (Lipinski definition) is 2. The molecule has 0 bridgehead atoms. The van der Waals surface area contributed by atoms with Gasteiger partial charge in [0.05, 0.1) is 36.4 Å². The first kappa shape index (κ1) is 13.8. The minimum absolute atomic E-state index is 0.304. The van der Waals surface area contributed by atoms with Crippen LogP contribution in [0.25, 0.3) is 0 Å². The third kappa shape index (κ3) is 4.61. The zero-order valence-electron chi connectivity index (χ0n) is 11.2. The zero-order chi connectivity index (χ0) is 12.7. The van der Waals surface area contributed by atoms with Gasteiger partial charge >= 0.3 is 0 Å². The Morgan fingerprint density at radius 3 is 2.59 bits per heavy atom. The van der Waals surface area contributed by atoms with Crippen molar-refractivity contribution in [3.8, 4) is 0 Å². The largest absolute Gasteiger partial charge is 0.384 e. The molecular formula is C13H23N3O. The topological polar surface area (TPSA) is 46.2 Å². The maximum absolute atomic E-state index is 5.22. The van der Waals surface area contributed by atoms with Crippen LogP contribution in [0.3, 0.4) is 0 Å². The third-order valence-electron chi connectivity index (χ3n) is 2.62. The molecule has 0 amide bonds. The number of nitrogens with one attached hydrogen (secondary N) is 2. The Morgan fingerprint density at radius 1 is 1.29 bits per heavy atom. The van der Waals surface area contributed by atoms with E-state index in [1.54, 1.807) is 7.11 Å². The van der Waals surface area contributed by atoms with Crippen molar-refractivity contribution >= 4 is 11.4 Å². The van der Waals surface area contributed by atoms with E-state index in [-0.39, 0.29) is 0 Å². The molecule has 0 saturated heterocycles. The predicted molar refractivity (Wildman–Crippen MR) is 72.5 cm³/mol. The van der Waals surface area contributed by atoms with Crippen LogP contribution < -0.4 is 10.6 Å². The van der Waals surface area contributed by atoms with Gasteiger partial charge in [0.15, 0.2) is 0 Å². The van der Waals surface area contributed by atoms with Crippen molar-refractivity contribution < 1.29 is 4.74 Å². The fraction of sp³-hybridized carbons (Fsp3) is 0.615. The number of hydrogen-bond acceptors (Lipinski definition) is 4. The van der Waals surface area contributed by atoms with E-state index in [9.17, 15) is 0 Å². The van der Waals surface area contributed by atoms with Crippen LogP contribution in [0.5, 0.6) is 0 Å². The second-order valence-electron chi connectivity index (χ2n) is 4.44. The Morgan fingerprint density at radius 2 is 2.00 bits per heavy atom. The van der Waals surface area contributed by atoms with E-state index in [2.05, 4.69) is 42.5 Å². The molecule has 1 heterocycles. The summed E-state index contributed by atoms with van der Waals surface area (Å²) in [4.78, 5) is 4.21. The minimum atomic E-state index is 0.304. The van der Waals surface area contributed by atoms with Crippen molar-refractivity contribution in [2.75, 3.05) is 30.9 Å². The first-order valence-corrected chi connectivity index (χ1v) is 6.11. The molecule has 1 unspecified atom stereocenters. The molecule has 0 spiro atoms. The zero-order valence-corrected chi connectivity index (χ0v) is 11.2. The van der Waals surface area contributed by atoms with E-state index in [0.29, 0.717) is 18.6 Å². The van der Waals surface area contributed by atoms with Crippen molar-refractivity contribution in [1.82, 2.24) is 4.98 Å². The molecule has 4 heteroatoms. The van der Waals surface area contributed by atoms with Gasteiger partial charge in [0.2, 0.25) is 0 Å². The van der Waals surface area contributed by atoms with Gasteiger partial charge in [0.25, 0.3) is 0 Å². The molecule has 1 aromatic heterocycles. The summed E-state index contributed by atoms with van der Waals surface area (Å²) in [6.07, 6.45) is 3.67. The lowest BCUT2D eigenvalue weighted by molar-refractivity contribution is 0.171. The highest BCUT2D eigenvalue weighted by atomic mass is 16.5. The molecule has 0 saturated carbocycles. The molecule has 1 rings (SSSR count). The standard InChI is InChI=1S/C13H23N3O/c1-5-15-11-6-12(8-14-7-11)16-13(9-17-4)10(2)3/h6-8,10,13,15-16H,5,9H2,1-4H3. The maximum Gasteiger partial charge on any atom is 0.0666 e. The van der Waals surface area contributed by atoms with Crippen LogP contribution in [0.15, 0.2) is 18.5 Å². The van der Waals surface area contributed by atoms with Gasteiger partial charge in [-0.2, -0.15) is 0 Å². The first-order chi connectivity index (χ1) is 8.17. The summed E-state index contributed by atoms with van der Waals surface area (Å²) in [5.41, 5.74) is 2.07. The molecule has 0 aromatic carbocycles. The first-order valence-electron chi connectivity index (χ1n) is 6.11. The summed E-state index contributed by atoms with van der Waals surface area (Å²) in [6, 6.07) is 2.38. The van der Waals surface area contributed by atoms with Gasteiger partial charge in [-0.3, -0.25) is 4.98 Å². The molecule has 1 atom stereocenters. The number of nitrogens with zero attached hydrogens (tertiary/aromatic N) is 1. The highest BCUT2D eigenvalue weighted by Crippen LogP contribution is 2.16. The van der Waals surface area contributed by atoms with Crippen molar-refractivity contribution in [2.24, 2.45) is 5.92 Å².